The van der Waals surface area contributed by atoms with Crippen molar-refractivity contribution in [2.45, 2.75) is 44.0 Å². The van der Waals surface area contributed by atoms with Gasteiger partial charge in [-0.1, -0.05) is 43.0 Å². The topological polar surface area (TPSA) is 78.9 Å². The number of ether oxygens (including phenoxy) is 1. The molecule has 0 unspecified atom stereocenters. The Morgan fingerprint density at radius 1 is 0.976 bits per heavy atom. The van der Waals surface area contributed by atoms with E-state index < -0.39 is 0 Å². The number of esters is 1. The zero-order valence-corrected chi connectivity index (χ0v) is 25.1. The smallest absolute Gasteiger partial charge is 0.310 e. The maximum absolute atomic E-state index is 14.3. The van der Waals surface area contributed by atoms with E-state index in [1.54, 1.807) is 29.7 Å². The van der Waals surface area contributed by atoms with Gasteiger partial charge in [0.15, 0.2) is 5.16 Å². The van der Waals surface area contributed by atoms with E-state index in [-0.39, 0.29) is 23.6 Å². The van der Waals surface area contributed by atoms with Crippen LogP contribution in [0, 0.1) is 11.7 Å². The van der Waals surface area contributed by atoms with Crippen molar-refractivity contribution in [2.75, 3.05) is 55.7 Å². The van der Waals surface area contributed by atoms with Gasteiger partial charge in [-0.3, -0.25) is 9.59 Å². The first-order chi connectivity index (χ1) is 20.4. The average Bonchev–Trinajstić information content (AvgIpc) is 3.04. The van der Waals surface area contributed by atoms with Gasteiger partial charge in [-0.05, 0) is 56.0 Å². The minimum atomic E-state index is -0.263. The zero-order chi connectivity index (χ0) is 29.5. The van der Waals surface area contributed by atoms with Crippen molar-refractivity contribution in [1.29, 1.82) is 0 Å². The Bertz CT molecular complexity index is 1400. The monoisotopic (exact) mass is 591 g/mol. The van der Waals surface area contributed by atoms with Crippen LogP contribution >= 0.6 is 11.8 Å². The number of carbonyl (C=O) groups excluding carboxylic acids is 2. The van der Waals surface area contributed by atoms with E-state index in [1.807, 2.05) is 42.5 Å². The maximum atomic E-state index is 14.3. The Hall–Kier alpha value is -3.66. The maximum Gasteiger partial charge on any atom is 0.310 e. The summed E-state index contributed by atoms with van der Waals surface area (Å²) in [5.74, 6) is 0.782. The van der Waals surface area contributed by atoms with Crippen LogP contribution in [0.25, 0.3) is 0 Å². The van der Waals surface area contributed by atoms with Gasteiger partial charge in [0, 0.05) is 62.3 Å². The third-order valence-corrected chi connectivity index (χ3v) is 8.69. The zero-order valence-electron chi connectivity index (χ0n) is 24.3. The van der Waals surface area contributed by atoms with E-state index in [9.17, 15) is 14.0 Å². The third-order valence-electron chi connectivity index (χ3n) is 7.77. The van der Waals surface area contributed by atoms with E-state index in [2.05, 4.69) is 16.7 Å². The molecular weight excluding hydrogens is 553 g/mol. The number of para-hydroxylation sites is 1. The number of benzene rings is 2. The molecule has 1 atom stereocenters. The summed E-state index contributed by atoms with van der Waals surface area (Å²) in [7, 11) is 0. The number of piperidine rings is 1. The molecule has 3 heterocycles. The van der Waals surface area contributed by atoms with Gasteiger partial charge >= 0.3 is 5.97 Å². The first kappa shape index (κ1) is 29.8. The number of carbonyl (C=O) groups is 2. The molecule has 42 heavy (non-hydrogen) atoms. The predicted octanol–water partition coefficient (Wildman–Crippen LogP) is 5.21. The molecule has 0 bridgehead atoms. The van der Waals surface area contributed by atoms with Crippen molar-refractivity contribution in [2.24, 2.45) is 5.92 Å². The molecule has 1 aromatic heterocycles. The Kier molecular flexibility index (Phi) is 9.94. The summed E-state index contributed by atoms with van der Waals surface area (Å²) in [6.45, 7) is 8.19. The molecule has 2 saturated heterocycles. The minimum Gasteiger partial charge on any atom is -0.466 e. The molecule has 222 valence electrons. The molecule has 8 nitrogen and oxygen atoms in total. The first-order valence-corrected chi connectivity index (χ1v) is 15.7. The number of aryl methyl sites for hydroxylation is 1. The number of halogens is 1. The lowest BCUT2D eigenvalue weighted by Gasteiger charge is -2.37. The lowest BCUT2D eigenvalue weighted by atomic mass is 9.97. The van der Waals surface area contributed by atoms with Gasteiger partial charge in [0.25, 0.3) is 5.91 Å². The molecule has 0 spiro atoms. The Labute approximate surface area is 251 Å². The number of hydrogen-bond donors (Lipinski definition) is 0. The van der Waals surface area contributed by atoms with E-state index in [1.165, 1.54) is 6.07 Å². The molecule has 1 amide bonds. The van der Waals surface area contributed by atoms with Crippen molar-refractivity contribution < 1.29 is 18.7 Å². The van der Waals surface area contributed by atoms with Crippen LogP contribution in [0.3, 0.4) is 0 Å². The lowest BCUT2D eigenvalue weighted by Crippen LogP contribution is -2.47. The third kappa shape index (κ3) is 7.21. The predicted molar refractivity (Wildman–Crippen MR) is 163 cm³/mol. The van der Waals surface area contributed by atoms with Crippen molar-refractivity contribution in [3.05, 3.63) is 77.2 Å². The second-order valence-corrected chi connectivity index (χ2v) is 11.6. The normalized spacial score (nSPS) is 17.3. The molecule has 5 rings (SSSR count). The van der Waals surface area contributed by atoms with Crippen LogP contribution in [0.5, 0.6) is 0 Å². The highest BCUT2D eigenvalue weighted by molar-refractivity contribution is 7.98. The van der Waals surface area contributed by atoms with Gasteiger partial charge in [0.2, 0.25) is 0 Å². The number of likely N-dealkylation sites (tertiary alicyclic amines) is 1. The molecule has 0 saturated carbocycles. The number of thioether (sulfide) groups is 1. The molecule has 3 aromatic rings. The highest BCUT2D eigenvalue weighted by atomic mass is 32.2. The molecule has 0 N–H and O–H groups in total. The van der Waals surface area contributed by atoms with Gasteiger partial charge in [-0.25, -0.2) is 14.4 Å². The summed E-state index contributed by atoms with van der Waals surface area (Å²) in [6.07, 6.45) is 2.33. The van der Waals surface area contributed by atoms with Gasteiger partial charge in [-0.2, -0.15) is 0 Å². The highest BCUT2D eigenvalue weighted by Crippen LogP contribution is 2.27. The van der Waals surface area contributed by atoms with Crippen LogP contribution in [0.1, 0.15) is 48.3 Å². The summed E-state index contributed by atoms with van der Waals surface area (Å²) >= 11 is 1.55. The van der Waals surface area contributed by atoms with Gasteiger partial charge < -0.3 is 19.4 Å². The standard InChI is InChI=1S/C32H38FN5O3S/c1-3-26-20-29(37-17-15-36(16-18-37)28-13-6-5-12-27(28)33)35-32(34-26)42-22-23-9-7-10-24(19-23)30(39)38-14-8-11-25(21-38)31(40)41-4-2/h5-7,9-10,12-13,19-20,25H,3-4,8,11,14-18,21-22H2,1-2H3/t25-/m0/s1. The van der Waals surface area contributed by atoms with Crippen molar-refractivity contribution in [1.82, 2.24) is 14.9 Å². The SMILES string of the molecule is CCOC(=O)[C@H]1CCCN(C(=O)c2cccc(CSc3nc(CC)cc(N4CCN(c5ccccc5F)CC4)n3)c2)C1. The van der Waals surface area contributed by atoms with Crippen LogP contribution in [-0.2, 0) is 21.7 Å². The van der Waals surface area contributed by atoms with E-state index in [0.717, 1.165) is 49.4 Å². The molecule has 2 aliphatic rings. The lowest BCUT2D eigenvalue weighted by molar-refractivity contribution is -0.149. The van der Waals surface area contributed by atoms with Gasteiger partial charge in [0.05, 0.1) is 18.2 Å². The van der Waals surface area contributed by atoms with Crippen molar-refractivity contribution in [3.63, 3.8) is 0 Å². The molecule has 2 aromatic carbocycles. The molecule has 2 aliphatic heterocycles. The summed E-state index contributed by atoms with van der Waals surface area (Å²) in [5, 5.41) is 0.700. The number of rotatable bonds is 9. The van der Waals surface area contributed by atoms with Crippen LogP contribution < -0.4 is 9.80 Å². The van der Waals surface area contributed by atoms with Gasteiger partial charge in [0.1, 0.15) is 11.6 Å². The quantitative estimate of drug-likeness (QED) is 0.191. The van der Waals surface area contributed by atoms with Gasteiger partial charge in [-0.15, -0.1) is 0 Å². The van der Waals surface area contributed by atoms with E-state index in [4.69, 9.17) is 14.7 Å². The van der Waals surface area contributed by atoms with Crippen molar-refractivity contribution in [3.8, 4) is 0 Å². The van der Waals surface area contributed by atoms with E-state index >= 15 is 0 Å². The molecular formula is C32H38FN5O3S. The van der Waals surface area contributed by atoms with Crippen LogP contribution in [-0.4, -0.2) is 72.6 Å². The van der Waals surface area contributed by atoms with Crippen molar-refractivity contribution >= 4 is 35.1 Å². The number of nitrogens with zero attached hydrogens (tertiary/aromatic N) is 5. The molecule has 2 fully saturated rings. The molecule has 10 heteroatoms. The number of aromatic nitrogens is 2. The largest absolute Gasteiger partial charge is 0.466 e. The number of piperazine rings is 1. The van der Waals surface area contributed by atoms with Crippen LogP contribution in [0.4, 0.5) is 15.9 Å². The Morgan fingerprint density at radius 3 is 2.52 bits per heavy atom. The summed E-state index contributed by atoms with van der Waals surface area (Å²) in [4.78, 5) is 41.3. The molecule has 0 radical (unpaired) electrons. The fraction of sp³-hybridized carbons (Fsp3) is 0.438. The number of hydrogen-bond acceptors (Lipinski definition) is 8. The second kappa shape index (κ2) is 14.0. The highest BCUT2D eigenvalue weighted by Gasteiger charge is 2.30. The summed E-state index contributed by atoms with van der Waals surface area (Å²) in [6, 6.07) is 16.6. The van der Waals surface area contributed by atoms with Crippen LogP contribution in [0.15, 0.2) is 59.8 Å². The second-order valence-electron chi connectivity index (χ2n) is 10.6. The fourth-order valence-electron chi connectivity index (χ4n) is 5.49. The summed E-state index contributed by atoms with van der Waals surface area (Å²) in [5.41, 5.74) is 3.25. The fourth-order valence-corrected chi connectivity index (χ4v) is 6.31. The first-order valence-electron chi connectivity index (χ1n) is 14.7. The van der Waals surface area contributed by atoms with Crippen LogP contribution in [0.2, 0.25) is 0 Å². The number of amides is 1. The minimum absolute atomic E-state index is 0.0584. The summed E-state index contributed by atoms with van der Waals surface area (Å²) < 4.78 is 19.5. The number of anilines is 2. The Morgan fingerprint density at radius 2 is 1.76 bits per heavy atom. The average molecular weight is 592 g/mol. The van der Waals surface area contributed by atoms with E-state index in [0.29, 0.717) is 54.9 Å². The molecule has 0 aliphatic carbocycles. The Balaban J connectivity index is 1.22.